The van der Waals surface area contributed by atoms with Gasteiger partial charge in [-0.15, -0.1) is 0 Å². The second-order valence-electron chi connectivity index (χ2n) is 5.30. The van der Waals surface area contributed by atoms with Crippen LogP contribution in [0, 0.1) is 5.21 Å². The van der Waals surface area contributed by atoms with Gasteiger partial charge in [-0.25, -0.2) is 10.0 Å². The molecule has 1 aliphatic heterocycles. The molecule has 1 saturated heterocycles. The van der Waals surface area contributed by atoms with Gasteiger partial charge in [0.2, 0.25) is 0 Å². The molecule has 6 unspecified atom stereocenters. The molecule has 0 spiro atoms. The summed E-state index contributed by atoms with van der Waals surface area (Å²) in [6.45, 7) is -0.626. The Hall–Kier alpha value is -1.83. The van der Waals surface area contributed by atoms with E-state index in [-0.39, 0.29) is 16.9 Å². The molecule has 1 aliphatic rings. The largest absolute Gasteiger partial charge is 0.595 e. The molecule has 134 valence electrons. The molecule has 2 rings (SSSR count). The second-order valence-corrected chi connectivity index (χ2v) is 5.30. The number of hydrogen-bond donors (Lipinski definition) is 8. The van der Waals surface area contributed by atoms with E-state index in [0.717, 1.165) is 18.2 Å². The highest BCUT2D eigenvalue weighted by molar-refractivity contribution is 5.89. The minimum atomic E-state index is -1.62. The van der Waals surface area contributed by atoms with E-state index in [0.29, 0.717) is 0 Å². The highest BCUT2D eigenvalue weighted by Gasteiger charge is 2.43. The van der Waals surface area contributed by atoms with E-state index in [1.54, 1.807) is 0 Å². The number of nitrogens with one attached hydrogen (secondary N) is 2. The predicted molar refractivity (Wildman–Crippen MR) is 76.6 cm³/mol. The number of carboxylic acids is 1. The van der Waals surface area contributed by atoms with Crippen LogP contribution in [0.2, 0.25) is 0 Å². The Kier molecular flexibility index (Phi) is 5.69. The lowest BCUT2D eigenvalue weighted by Crippen LogP contribution is -2.99. The second kappa shape index (κ2) is 7.38. The molecule has 1 heterocycles. The van der Waals surface area contributed by atoms with Crippen molar-refractivity contribution in [2.24, 2.45) is 0 Å². The first-order chi connectivity index (χ1) is 11.2. The summed E-state index contributed by atoms with van der Waals surface area (Å²) in [5.74, 6) is -1.35. The van der Waals surface area contributed by atoms with Gasteiger partial charge in [0.15, 0.2) is 11.9 Å². The number of anilines is 1. The van der Waals surface area contributed by atoms with Crippen molar-refractivity contribution < 1.29 is 45.5 Å². The van der Waals surface area contributed by atoms with Crippen LogP contribution < -0.4 is 10.5 Å². The molecule has 0 saturated carbocycles. The molecular weight excluding hydrogens is 328 g/mol. The number of carboxylic acid groups (broad SMARTS) is 1. The van der Waals surface area contributed by atoms with E-state index in [4.69, 9.17) is 20.2 Å². The van der Waals surface area contributed by atoms with Crippen LogP contribution in [0.4, 0.5) is 11.4 Å². The molecule has 8 N–H and O–H groups in total. The quantitative estimate of drug-likeness (QED) is 0.255. The van der Waals surface area contributed by atoms with E-state index < -0.39 is 48.4 Å². The molecule has 24 heavy (non-hydrogen) atoms. The van der Waals surface area contributed by atoms with Crippen molar-refractivity contribution >= 4 is 17.3 Å². The van der Waals surface area contributed by atoms with Gasteiger partial charge in [-0.2, -0.15) is 5.23 Å². The van der Waals surface area contributed by atoms with E-state index >= 15 is 0 Å². The van der Waals surface area contributed by atoms with E-state index in [1.807, 2.05) is 0 Å². The normalized spacial score (nSPS) is 31.5. The van der Waals surface area contributed by atoms with Crippen LogP contribution in [0.3, 0.4) is 0 Å². The third-order valence-corrected chi connectivity index (χ3v) is 3.63. The topological polar surface area (TPSA) is 187 Å². The Morgan fingerprint density at radius 2 is 1.88 bits per heavy atom. The standard InChI is InChI=1S/C13H18N2O9/c16-4-8-9(17)10(18)11(19)12(24-8)14-6-1-5(13(20)21)2-7(3-6)15(22)23/h1-3,8-12,14-19,22H,4H2,(H,20,21). The van der Waals surface area contributed by atoms with Crippen molar-refractivity contribution in [1.29, 1.82) is 0 Å². The molecule has 0 aliphatic carbocycles. The maximum absolute atomic E-state index is 11.1. The van der Waals surface area contributed by atoms with E-state index in [2.05, 4.69) is 5.32 Å². The van der Waals surface area contributed by atoms with Crippen molar-refractivity contribution in [2.75, 3.05) is 11.9 Å². The molecule has 0 bridgehead atoms. The van der Waals surface area contributed by atoms with Gasteiger partial charge in [0, 0.05) is 17.8 Å². The van der Waals surface area contributed by atoms with Crippen LogP contribution >= 0.6 is 0 Å². The van der Waals surface area contributed by atoms with E-state index in [1.165, 1.54) is 0 Å². The van der Waals surface area contributed by atoms with Crippen molar-refractivity contribution in [3.8, 4) is 0 Å². The molecule has 1 aromatic rings. The highest BCUT2D eigenvalue weighted by atomic mass is 16.8. The van der Waals surface area contributed by atoms with Crippen LogP contribution in [0.25, 0.3) is 0 Å². The summed E-state index contributed by atoms with van der Waals surface area (Å²) >= 11 is 0. The zero-order valence-electron chi connectivity index (χ0n) is 12.2. The van der Waals surface area contributed by atoms with Gasteiger partial charge < -0.3 is 40.8 Å². The number of rotatable bonds is 5. The van der Waals surface area contributed by atoms with Gasteiger partial charge in [-0.1, -0.05) is 0 Å². The average Bonchev–Trinajstić information content (AvgIpc) is 2.55. The lowest BCUT2D eigenvalue weighted by Gasteiger charge is -2.40. The van der Waals surface area contributed by atoms with Gasteiger partial charge in [0.05, 0.1) is 12.2 Å². The van der Waals surface area contributed by atoms with Gasteiger partial charge in [0.25, 0.3) is 0 Å². The first-order valence-electron chi connectivity index (χ1n) is 6.93. The fourth-order valence-corrected chi connectivity index (χ4v) is 2.34. The lowest BCUT2D eigenvalue weighted by atomic mass is 9.98. The van der Waals surface area contributed by atoms with Crippen LogP contribution in [0.15, 0.2) is 18.2 Å². The summed E-state index contributed by atoms with van der Waals surface area (Å²) in [5.41, 5.74) is -0.597. The SMILES string of the molecule is O=C(O)c1cc(NC2OC(CO)C(O)C(O)C2O)cc([NH+]([O-])O)c1. The van der Waals surface area contributed by atoms with Crippen LogP contribution in [-0.2, 0) is 4.74 Å². The van der Waals surface area contributed by atoms with Crippen LogP contribution in [0.1, 0.15) is 10.4 Å². The van der Waals surface area contributed by atoms with E-state index in [9.17, 15) is 25.3 Å². The molecule has 0 aromatic heterocycles. The van der Waals surface area contributed by atoms with Gasteiger partial charge >= 0.3 is 5.97 Å². The first kappa shape index (κ1) is 18.5. The smallest absolute Gasteiger partial charge is 0.335 e. The molecule has 1 fully saturated rings. The third kappa shape index (κ3) is 3.80. The number of aromatic carboxylic acids is 1. The van der Waals surface area contributed by atoms with Crippen molar-refractivity contribution in [3.05, 3.63) is 29.0 Å². The Morgan fingerprint density at radius 3 is 2.42 bits per heavy atom. The minimum absolute atomic E-state index is 0.0108. The summed E-state index contributed by atoms with van der Waals surface area (Å²) in [7, 11) is 0. The van der Waals surface area contributed by atoms with Gasteiger partial charge in [0.1, 0.15) is 24.4 Å². The number of carbonyl (C=O) groups is 1. The zero-order valence-corrected chi connectivity index (χ0v) is 12.2. The maximum Gasteiger partial charge on any atom is 0.335 e. The maximum atomic E-state index is 11.1. The van der Waals surface area contributed by atoms with Gasteiger partial charge in [-0.3, -0.25) is 0 Å². The molecule has 6 atom stereocenters. The molecule has 11 heteroatoms. The number of hydrogen-bond acceptors (Lipinski definition) is 9. The molecule has 0 radical (unpaired) electrons. The average molecular weight is 346 g/mol. The first-order valence-corrected chi connectivity index (χ1v) is 6.93. The fourth-order valence-electron chi connectivity index (χ4n) is 2.34. The number of benzene rings is 1. The van der Waals surface area contributed by atoms with Crippen molar-refractivity contribution in [1.82, 2.24) is 0 Å². The zero-order chi connectivity index (χ0) is 18.0. The summed E-state index contributed by atoms with van der Waals surface area (Å²) < 4.78 is 5.22. The Morgan fingerprint density at radius 1 is 1.21 bits per heavy atom. The van der Waals surface area contributed by atoms with Crippen molar-refractivity contribution in [3.63, 3.8) is 0 Å². The molecule has 1 aromatic carbocycles. The lowest BCUT2D eigenvalue weighted by molar-refractivity contribution is -0.991. The summed E-state index contributed by atoms with van der Waals surface area (Å²) in [6, 6.07) is 3.20. The summed E-state index contributed by atoms with van der Waals surface area (Å²) in [4.78, 5) is 11.1. The monoisotopic (exact) mass is 346 g/mol. The highest BCUT2D eigenvalue weighted by Crippen LogP contribution is 2.24. The van der Waals surface area contributed by atoms with Gasteiger partial charge in [-0.05, 0) is 6.07 Å². The predicted octanol–water partition coefficient (Wildman–Crippen LogP) is -3.00. The van der Waals surface area contributed by atoms with Crippen LogP contribution in [0.5, 0.6) is 0 Å². The summed E-state index contributed by atoms with van der Waals surface area (Å²) in [6.07, 6.45) is -7.20. The number of aliphatic hydroxyl groups is 4. The molecule has 11 nitrogen and oxygen atoms in total. The Bertz CT molecular complexity index is 595. The Labute approximate surface area is 135 Å². The Balaban J connectivity index is 2.27. The molecular formula is C13H18N2O9. The number of ether oxygens (including phenoxy) is 1. The number of quaternary nitrogens is 1. The third-order valence-electron chi connectivity index (χ3n) is 3.63. The van der Waals surface area contributed by atoms with Crippen molar-refractivity contribution in [2.45, 2.75) is 30.6 Å². The van der Waals surface area contributed by atoms with Crippen LogP contribution in [-0.4, -0.2) is 74.0 Å². The summed E-state index contributed by atoms with van der Waals surface area (Å²) in [5, 5.41) is 68.8. The number of aliphatic hydroxyl groups excluding tert-OH is 4. The fraction of sp³-hybridized carbons (Fsp3) is 0.462. The molecule has 0 amide bonds. The minimum Gasteiger partial charge on any atom is -0.595 e.